The van der Waals surface area contributed by atoms with Gasteiger partial charge in [-0.25, -0.2) is 0 Å². The van der Waals surface area contributed by atoms with Crippen LogP contribution < -0.4 is 14.8 Å². The summed E-state index contributed by atoms with van der Waals surface area (Å²) in [4.78, 5) is 11.4. The first-order valence-corrected chi connectivity index (χ1v) is 8.39. The van der Waals surface area contributed by atoms with E-state index in [9.17, 15) is 4.79 Å². The predicted molar refractivity (Wildman–Crippen MR) is 96.3 cm³/mol. The van der Waals surface area contributed by atoms with Crippen LogP contribution in [0.3, 0.4) is 0 Å². The molecule has 1 heterocycles. The van der Waals surface area contributed by atoms with Gasteiger partial charge in [-0.05, 0) is 62.9 Å². The molecule has 0 atom stereocenters. The molecule has 5 nitrogen and oxygen atoms in total. The van der Waals surface area contributed by atoms with Gasteiger partial charge in [0, 0.05) is 6.42 Å². The largest absolute Gasteiger partial charge is 0.493 e. The standard InChI is InChI=1S/C18H27NO4.ClH/c1-3-22-18(20)7-5-14-4-6-16(17(12-14)21-2)23-13-15-8-10-19-11-9-15;/h4,6,12,15,19H,3,5,7-11,13H2,1-2H3;1H. The highest BCUT2D eigenvalue weighted by Gasteiger charge is 2.15. The molecule has 24 heavy (non-hydrogen) atoms. The van der Waals surface area contributed by atoms with E-state index in [0.29, 0.717) is 25.4 Å². The molecule has 0 amide bonds. The first-order valence-electron chi connectivity index (χ1n) is 8.39. The Balaban J connectivity index is 0.00000288. The van der Waals surface area contributed by atoms with E-state index >= 15 is 0 Å². The molecule has 0 spiro atoms. The van der Waals surface area contributed by atoms with E-state index in [4.69, 9.17) is 14.2 Å². The van der Waals surface area contributed by atoms with Crippen LogP contribution in [0.1, 0.15) is 31.7 Å². The van der Waals surface area contributed by atoms with Crippen LogP contribution in [0.5, 0.6) is 11.5 Å². The second kappa shape index (κ2) is 11.2. The number of hydrogen-bond donors (Lipinski definition) is 1. The number of methoxy groups -OCH3 is 1. The van der Waals surface area contributed by atoms with Gasteiger partial charge in [0.15, 0.2) is 11.5 Å². The summed E-state index contributed by atoms with van der Waals surface area (Å²) in [6, 6.07) is 5.86. The summed E-state index contributed by atoms with van der Waals surface area (Å²) >= 11 is 0. The lowest BCUT2D eigenvalue weighted by molar-refractivity contribution is -0.143. The average molecular weight is 358 g/mol. The van der Waals surface area contributed by atoms with E-state index in [1.165, 1.54) is 0 Å². The second-order valence-electron chi connectivity index (χ2n) is 5.79. The van der Waals surface area contributed by atoms with Crippen LogP contribution in [-0.2, 0) is 16.0 Å². The third-order valence-electron chi connectivity index (χ3n) is 4.08. The predicted octanol–water partition coefficient (Wildman–Crippen LogP) is 2.99. The number of benzene rings is 1. The molecule has 1 aromatic carbocycles. The van der Waals surface area contributed by atoms with Crippen molar-refractivity contribution in [3.63, 3.8) is 0 Å². The summed E-state index contributed by atoms with van der Waals surface area (Å²) in [5.74, 6) is 1.92. The van der Waals surface area contributed by atoms with Gasteiger partial charge in [0.05, 0.1) is 20.3 Å². The van der Waals surface area contributed by atoms with Crippen LogP contribution in [0.4, 0.5) is 0 Å². The van der Waals surface area contributed by atoms with Crippen LogP contribution in [-0.4, -0.2) is 39.4 Å². The molecular formula is C18H28ClNO4. The van der Waals surface area contributed by atoms with Crippen molar-refractivity contribution < 1.29 is 19.0 Å². The van der Waals surface area contributed by atoms with Gasteiger partial charge in [-0.3, -0.25) is 4.79 Å². The fourth-order valence-electron chi connectivity index (χ4n) is 2.72. The summed E-state index contributed by atoms with van der Waals surface area (Å²) in [7, 11) is 1.64. The van der Waals surface area contributed by atoms with Crippen molar-refractivity contribution in [2.75, 3.05) is 33.4 Å². The monoisotopic (exact) mass is 357 g/mol. The third-order valence-corrected chi connectivity index (χ3v) is 4.08. The Kier molecular flexibility index (Phi) is 9.57. The normalized spacial score (nSPS) is 14.6. The molecule has 0 aromatic heterocycles. The zero-order valence-corrected chi connectivity index (χ0v) is 15.3. The molecule has 0 radical (unpaired) electrons. The van der Waals surface area contributed by atoms with Crippen molar-refractivity contribution in [3.8, 4) is 11.5 Å². The Labute approximate surface area is 150 Å². The molecule has 1 fully saturated rings. The maximum atomic E-state index is 11.4. The minimum Gasteiger partial charge on any atom is -0.493 e. The van der Waals surface area contributed by atoms with Crippen molar-refractivity contribution in [3.05, 3.63) is 23.8 Å². The highest BCUT2D eigenvalue weighted by Crippen LogP contribution is 2.29. The highest BCUT2D eigenvalue weighted by molar-refractivity contribution is 5.85. The minimum absolute atomic E-state index is 0. The van der Waals surface area contributed by atoms with E-state index in [0.717, 1.165) is 49.6 Å². The summed E-state index contributed by atoms with van der Waals surface area (Å²) < 4.78 is 16.3. The number of aryl methyl sites for hydroxylation is 1. The molecule has 2 rings (SSSR count). The second-order valence-corrected chi connectivity index (χ2v) is 5.79. The molecule has 136 valence electrons. The van der Waals surface area contributed by atoms with Crippen molar-refractivity contribution >= 4 is 18.4 Å². The summed E-state index contributed by atoms with van der Waals surface area (Å²) in [6.07, 6.45) is 3.33. The van der Waals surface area contributed by atoms with Gasteiger partial charge < -0.3 is 19.5 Å². The Morgan fingerprint density at radius 2 is 2.00 bits per heavy atom. The number of halogens is 1. The van der Waals surface area contributed by atoms with Crippen LogP contribution in [0, 0.1) is 5.92 Å². The van der Waals surface area contributed by atoms with Crippen LogP contribution in [0.25, 0.3) is 0 Å². The van der Waals surface area contributed by atoms with Crippen LogP contribution in [0.15, 0.2) is 18.2 Å². The van der Waals surface area contributed by atoms with E-state index in [2.05, 4.69) is 5.32 Å². The number of esters is 1. The topological polar surface area (TPSA) is 56.8 Å². The molecule has 0 aliphatic carbocycles. The molecule has 0 bridgehead atoms. The average Bonchev–Trinajstić information content (AvgIpc) is 2.59. The van der Waals surface area contributed by atoms with Gasteiger partial charge in [0.1, 0.15) is 0 Å². The van der Waals surface area contributed by atoms with Crippen LogP contribution >= 0.6 is 12.4 Å². The first kappa shape index (κ1) is 20.6. The van der Waals surface area contributed by atoms with Gasteiger partial charge in [-0.15, -0.1) is 12.4 Å². The van der Waals surface area contributed by atoms with E-state index < -0.39 is 0 Å². The van der Waals surface area contributed by atoms with Gasteiger partial charge in [0.25, 0.3) is 0 Å². The van der Waals surface area contributed by atoms with Crippen molar-refractivity contribution in [1.29, 1.82) is 0 Å². The van der Waals surface area contributed by atoms with Gasteiger partial charge in [0.2, 0.25) is 0 Å². The lowest BCUT2D eigenvalue weighted by Crippen LogP contribution is -2.30. The number of piperidine rings is 1. The fourth-order valence-corrected chi connectivity index (χ4v) is 2.72. The van der Waals surface area contributed by atoms with E-state index in [-0.39, 0.29) is 18.4 Å². The van der Waals surface area contributed by atoms with E-state index in [1.807, 2.05) is 25.1 Å². The SMILES string of the molecule is CCOC(=O)CCc1ccc(OCC2CCNCC2)c(OC)c1.Cl. The number of carbonyl (C=O) groups excluding carboxylic acids is 1. The Bertz CT molecular complexity index is 504. The number of nitrogens with one attached hydrogen (secondary N) is 1. The lowest BCUT2D eigenvalue weighted by atomic mass is 9.99. The molecule has 1 N–H and O–H groups in total. The maximum absolute atomic E-state index is 11.4. The first-order chi connectivity index (χ1) is 11.2. The van der Waals surface area contributed by atoms with Crippen LogP contribution in [0.2, 0.25) is 0 Å². The number of rotatable bonds is 8. The summed E-state index contributed by atoms with van der Waals surface area (Å²) in [6.45, 7) is 5.09. The molecule has 6 heteroatoms. The zero-order chi connectivity index (χ0) is 16.5. The molecule has 0 saturated carbocycles. The van der Waals surface area contributed by atoms with Gasteiger partial charge in [-0.1, -0.05) is 6.07 Å². The molecule has 1 aliphatic rings. The third kappa shape index (κ3) is 6.57. The molecule has 0 unspecified atom stereocenters. The minimum atomic E-state index is -0.169. The Morgan fingerprint density at radius 1 is 1.25 bits per heavy atom. The number of hydrogen-bond acceptors (Lipinski definition) is 5. The molecule has 1 saturated heterocycles. The fraction of sp³-hybridized carbons (Fsp3) is 0.611. The molecule has 1 aromatic rings. The van der Waals surface area contributed by atoms with E-state index in [1.54, 1.807) is 7.11 Å². The number of ether oxygens (including phenoxy) is 3. The number of carbonyl (C=O) groups is 1. The molecule has 1 aliphatic heterocycles. The highest BCUT2D eigenvalue weighted by atomic mass is 35.5. The van der Waals surface area contributed by atoms with Crippen molar-refractivity contribution in [2.24, 2.45) is 5.92 Å². The maximum Gasteiger partial charge on any atom is 0.306 e. The zero-order valence-electron chi connectivity index (χ0n) is 14.5. The Hall–Kier alpha value is -1.46. The van der Waals surface area contributed by atoms with Crippen molar-refractivity contribution in [1.82, 2.24) is 5.32 Å². The van der Waals surface area contributed by atoms with Gasteiger partial charge in [-0.2, -0.15) is 0 Å². The summed E-state index contributed by atoms with van der Waals surface area (Å²) in [5.41, 5.74) is 1.05. The smallest absolute Gasteiger partial charge is 0.306 e. The molecular weight excluding hydrogens is 330 g/mol. The Morgan fingerprint density at radius 3 is 2.67 bits per heavy atom. The van der Waals surface area contributed by atoms with Gasteiger partial charge >= 0.3 is 5.97 Å². The summed E-state index contributed by atoms with van der Waals surface area (Å²) in [5, 5.41) is 3.36. The lowest BCUT2D eigenvalue weighted by Gasteiger charge is -2.23. The quantitative estimate of drug-likeness (QED) is 0.725. The van der Waals surface area contributed by atoms with Crippen molar-refractivity contribution in [2.45, 2.75) is 32.6 Å².